The fourth-order valence-electron chi connectivity index (χ4n) is 1.77. The molecule has 0 aromatic carbocycles. The van der Waals surface area contributed by atoms with Crippen molar-refractivity contribution in [3.63, 3.8) is 0 Å². The lowest BCUT2D eigenvalue weighted by molar-refractivity contribution is 0.128. The van der Waals surface area contributed by atoms with E-state index in [1.54, 1.807) is 0 Å². The molecule has 0 radical (unpaired) electrons. The zero-order chi connectivity index (χ0) is 11.7. The SMILES string of the molecule is CCCCCCN(C(N)CC)C(N)CC. The topological polar surface area (TPSA) is 55.3 Å². The molecule has 0 fully saturated rings. The largest absolute Gasteiger partial charge is 0.316 e. The van der Waals surface area contributed by atoms with Gasteiger partial charge in [0.15, 0.2) is 0 Å². The van der Waals surface area contributed by atoms with Gasteiger partial charge in [0.25, 0.3) is 0 Å². The summed E-state index contributed by atoms with van der Waals surface area (Å²) >= 11 is 0. The van der Waals surface area contributed by atoms with Gasteiger partial charge in [-0.05, 0) is 19.3 Å². The van der Waals surface area contributed by atoms with Crippen LogP contribution in [-0.2, 0) is 0 Å². The number of rotatable bonds is 9. The second kappa shape index (κ2) is 9.13. The lowest BCUT2D eigenvalue weighted by Gasteiger charge is -2.33. The number of hydrogen-bond donors (Lipinski definition) is 2. The van der Waals surface area contributed by atoms with Gasteiger partial charge in [0.05, 0.1) is 12.3 Å². The number of nitrogens with two attached hydrogens (primary N) is 2. The summed E-state index contributed by atoms with van der Waals surface area (Å²) in [4.78, 5) is 2.25. The van der Waals surface area contributed by atoms with E-state index in [0.29, 0.717) is 0 Å². The van der Waals surface area contributed by atoms with E-state index in [1.807, 2.05) is 0 Å². The van der Waals surface area contributed by atoms with E-state index < -0.39 is 0 Å². The molecule has 92 valence electrons. The van der Waals surface area contributed by atoms with E-state index in [9.17, 15) is 0 Å². The molecule has 0 heterocycles. The third-order valence-electron chi connectivity index (χ3n) is 2.96. The van der Waals surface area contributed by atoms with Gasteiger partial charge in [0.1, 0.15) is 0 Å². The van der Waals surface area contributed by atoms with Gasteiger partial charge in [0.2, 0.25) is 0 Å². The third kappa shape index (κ3) is 6.13. The summed E-state index contributed by atoms with van der Waals surface area (Å²) < 4.78 is 0. The zero-order valence-electron chi connectivity index (χ0n) is 10.7. The van der Waals surface area contributed by atoms with E-state index in [-0.39, 0.29) is 12.3 Å². The summed E-state index contributed by atoms with van der Waals surface area (Å²) in [6.07, 6.45) is 7.30. The van der Waals surface area contributed by atoms with Crippen LogP contribution in [-0.4, -0.2) is 23.8 Å². The van der Waals surface area contributed by atoms with Crippen LogP contribution < -0.4 is 11.5 Å². The molecule has 0 aliphatic rings. The number of unbranched alkanes of at least 4 members (excludes halogenated alkanes) is 3. The lowest BCUT2D eigenvalue weighted by atomic mass is 10.1. The lowest BCUT2D eigenvalue weighted by Crippen LogP contribution is -2.51. The second-order valence-corrected chi connectivity index (χ2v) is 4.25. The Bertz CT molecular complexity index is 129. The molecule has 3 heteroatoms. The molecule has 2 atom stereocenters. The van der Waals surface area contributed by atoms with E-state index in [0.717, 1.165) is 19.4 Å². The van der Waals surface area contributed by atoms with Crippen molar-refractivity contribution < 1.29 is 0 Å². The van der Waals surface area contributed by atoms with Gasteiger partial charge in [-0.3, -0.25) is 4.90 Å². The first-order valence-electron chi connectivity index (χ1n) is 6.44. The van der Waals surface area contributed by atoms with Gasteiger partial charge in [-0.1, -0.05) is 40.0 Å². The molecule has 4 N–H and O–H groups in total. The van der Waals surface area contributed by atoms with Crippen LogP contribution >= 0.6 is 0 Å². The van der Waals surface area contributed by atoms with Gasteiger partial charge in [-0.25, -0.2) is 0 Å². The molecule has 0 bridgehead atoms. The van der Waals surface area contributed by atoms with Crippen molar-refractivity contribution in [1.82, 2.24) is 4.90 Å². The van der Waals surface area contributed by atoms with Gasteiger partial charge >= 0.3 is 0 Å². The quantitative estimate of drug-likeness (QED) is 0.458. The van der Waals surface area contributed by atoms with Gasteiger partial charge in [-0.2, -0.15) is 0 Å². The first-order chi connectivity index (χ1) is 7.17. The summed E-state index contributed by atoms with van der Waals surface area (Å²) in [6.45, 7) is 7.51. The van der Waals surface area contributed by atoms with E-state index >= 15 is 0 Å². The molecular formula is C12H29N3. The molecule has 0 amide bonds. The normalized spacial score (nSPS) is 15.6. The van der Waals surface area contributed by atoms with Crippen molar-refractivity contribution in [2.45, 2.75) is 71.6 Å². The summed E-state index contributed by atoms with van der Waals surface area (Å²) in [5.74, 6) is 0. The Morgan fingerprint density at radius 3 is 1.80 bits per heavy atom. The Morgan fingerprint density at radius 1 is 0.867 bits per heavy atom. The Balaban J connectivity index is 3.90. The molecule has 3 nitrogen and oxygen atoms in total. The molecule has 0 aliphatic carbocycles. The molecule has 0 rings (SSSR count). The average molecular weight is 215 g/mol. The van der Waals surface area contributed by atoms with Crippen molar-refractivity contribution in [2.24, 2.45) is 11.5 Å². The predicted molar refractivity (Wildman–Crippen MR) is 67.4 cm³/mol. The molecule has 0 saturated carbocycles. The Hall–Kier alpha value is -0.120. The maximum atomic E-state index is 6.05. The van der Waals surface area contributed by atoms with Crippen molar-refractivity contribution in [3.05, 3.63) is 0 Å². The molecule has 0 spiro atoms. The van der Waals surface area contributed by atoms with Gasteiger partial charge in [-0.15, -0.1) is 0 Å². The molecular weight excluding hydrogens is 186 g/mol. The fourth-order valence-corrected chi connectivity index (χ4v) is 1.77. The van der Waals surface area contributed by atoms with Gasteiger partial charge < -0.3 is 11.5 Å². The van der Waals surface area contributed by atoms with Crippen LogP contribution in [0.2, 0.25) is 0 Å². The molecule has 0 aliphatic heterocycles. The minimum atomic E-state index is 0.126. The second-order valence-electron chi connectivity index (χ2n) is 4.25. The van der Waals surface area contributed by atoms with Crippen LogP contribution in [0.25, 0.3) is 0 Å². The Labute approximate surface area is 95.2 Å². The standard InChI is InChI=1S/C12H29N3/c1-4-7-8-9-10-15(11(13)5-2)12(14)6-3/h11-12H,4-10,13-14H2,1-3H3. The van der Waals surface area contributed by atoms with Crippen LogP contribution in [0.4, 0.5) is 0 Å². The highest BCUT2D eigenvalue weighted by Crippen LogP contribution is 2.08. The predicted octanol–water partition coefficient (Wildman–Crippen LogP) is 2.26. The summed E-state index contributed by atoms with van der Waals surface area (Å²) in [5, 5.41) is 0. The first-order valence-corrected chi connectivity index (χ1v) is 6.44. The van der Waals surface area contributed by atoms with E-state index in [1.165, 1.54) is 25.7 Å². The minimum Gasteiger partial charge on any atom is -0.316 e. The minimum absolute atomic E-state index is 0.126. The smallest absolute Gasteiger partial charge is 0.0582 e. The van der Waals surface area contributed by atoms with Crippen LogP contribution in [0, 0.1) is 0 Å². The summed E-state index contributed by atoms with van der Waals surface area (Å²) in [5.41, 5.74) is 12.1. The van der Waals surface area contributed by atoms with Crippen molar-refractivity contribution in [1.29, 1.82) is 0 Å². The number of hydrogen-bond acceptors (Lipinski definition) is 3. The van der Waals surface area contributed by atoms with Crippen molar-refractivity contribution in [2.75, 3.05) is 6.54 Å². The molecule has 0 aromatic rings. The Morgan fingerprint density at radius 2 is 1.40 bits per heavy atom. The van der Waals surface area contributed by atoms with E-state index in [4.69, 9.17) is 11.5 Å². The monoisotopic (exact) mass is 215 g/mol. The maximum absolute atomic E-state index is 6.05. The highest BCUT2D eigenvalue weighted by atomic mass is 15.3. The third-order valence-corrected chi connectivity index (χ3v) is 2.96. The molecule has 2 unspecified atom stereocenters. The Kier molecular flexibility index (Phi) is 9.06. The number of nitrogens with zero attached hydrogens (tertiary/aromatic N) is 1. The van der Waals surface area contributed by atoms with Crippen LogP contribution in [0.15, 0.2) is 0 Å². The van der Waals surface area contributed by atoms with Crippen LogP contribution in [0.3, 0.4) is 0 Å². The summed E-state index contributed by atoms with van der Waals surface area (Å²) in [6, 6.07) is 0. The van der Waals surface area contributed by atoms with Crippen molar-refractivity contribution >= 4 is 0 Å². The van der Waals surface area contributed by atoms with Crippen LogP contribution in [0.1, 0.15) is 59.3 Å². The van der Waals surface area contributed by atoms with Crippen LogP contribution in [0.5, 0.6) is 0 Å². The molecule has 0 aromatic heterocycles. The van der Waals surface area contributed by atoms with E-state index in [2.05, 4.69) is 25.7 Å². The molecule has 0 saturated heterocycles. The highest BCUT2D eigenvalue weighted by Gasteiger charge is 2.17. The van der Waals surface area contributed by atoms with Crippen molar-refractivity contribution in [3.8, 4) is 0 Å². The summed E-state index contributed by atoms with van der Waals surface area (Å²) in [7, 11) is 0. The fraction of sp³-hybridized carbons (Fsp3) is 1.00. The average Bonchev–Trinajstić information content (AvgIpc) is 2.27. The first kappa shape index (κ1) is 14.9. The molecule has 15 heavy (non-hydrogen) atoms. The maximum Gasteiger partial charge on any atom is 0.0582 e. The highest BCUT2D eigenvalue weighted by molar-refractivity contribution is 4.70. The zero-order valence-corrected chi connectivity index (χ0v) is 10.7. The van der Waals surface area contributed by atoms with Gasteiger partial charge in [0, 0.05) is 6.54 Å².